The molecule has 1 heterocycles. The molecule has 7 heteroatoms. The van der Waals surface area contributed by atoms with Gasteiger partial charge in [-0.3, -0.25) is 0 Å². The molecule has 0 saturated heterocycles. The summed E-state index contributed by atoms with van der Waals surface area (Å²) < 4.78 is 42.7. The van der Waals surface area contributed by atoms with Gasteiger partial charge in [0.1, 0.15) is 11.6 Å². The minimum atomic E-state index is -4.42. The van der Waals surface area contributed by atoms with Crippen LogP contribution in [0.15, 0.2) is 12.1 Å². The second kappa shape index (κ2) is 5.90. The monoisotopic (exact) mass is 263 g/mol. The first-order chi connectivity index (χ1) is 8.34. The molecule has 0 fully saturated rings. The first kappa shape index (κ1) is 14.6. The summed E-state index contributed by atoms with van der Waals surface area (Å²) in [4.78, 5) is 5.50. The topological polar surface area (TPSA) is 51.4 Å². The predicted molar refractivity (Wildman–Crippen MR) is 63.4 cm³/mol. The number of hydrogen-bond acceptors (Lipinski definition) is 4. The normalized spacial score (nSPS) is 11.6. The number of pyridine rings is 1. The summed E-state index contributed by atoms with van der Waals surface area (Å²) in [6, 6.07) is 1.82. The molecular weight excluding hydrogens is 247 g/mol. The molecule has 0 aliphatic heterocycles. The summed E-state index contributed by atoms with van der Waals surface area (Å²) in [5, 5.41) is 0. The lowest BCUT2D eigenvalue weighted by Gasteiger charge is -2.19. The third-order valence-electron chi connectivity index (χ3n) is 2.39. The number of nitrogens with two attached hydrogens (primary N) is 1. The molecule has 1 aromatic heterocycles. The zero-order valence-corrected chi connectivity index (χ0v) is 10.3. The number of rotatable bonds is 5. The van der Waals surface area contributed by atoms with Crippen molar-refractivity contribution in [2.24, 2.45) is 0 Å². The number of nitrogens with zero attached hydrogens (tertiary/aromatic N) is 2. The Morgan fingerprint density at radius 1 is 1.39 bits per heavy atom. The van der Waals surface area contributed by atoms with Crippen molar-refractivity contribution in [2.45, 2.75) is 12.6 Å². The Balaban J connectivity index is 2.85. The second-order valence-electron chi connectivity index (χ2n) is 3.90. The van der Waals surface area contributed by atoms with Gasteiger partial charge in [-0.05, 0) is 18.6 Å². The molecule has 0 aromatic carbocycles. The molecule has 102 valence electrons. The number of alkyl halides is 3. The van der Waals surface area contributed by atoms with Crippen LogP contribution < -0.4 is 10.6 Å². The van der Waals surface area contributed by atoms with Crippen LogP contribution in [0.1, 0.15) is 12.0 Å². The first-order valence-electron chi connectivity index (χ1n) is 5.39. The van der Waals surface area contributed by atoms with Crippen molar-refractivity contribution in [3.05, 3.63) is 17.7 Å². The molecule has 0 saturated carbocycles. The molecule has 18 heavy (non-hydrogen) atoms. The van der Waals surface area contributed by atoms with Crippen LogP contribution in [-0.4, -0.2) is 32.3 Å². The van der Waals surface area contributed by atoms with E-state index in [2.05, 4.69) is 4.98 Å². The minimum absolute atomic E-state index is 0.140. The van der Waals surface area contributed by atoms with Gasteiger partial charge in [-0.2, -0.15) is 13.2 Å². The molecule has 0 amide bonds. The summed E-state index contributed by atoms with van der Waals surface area (Å²) in [6.07, 6.45) is -3.72. The number of halogens is 3. The molecule has 0 aliphatic rings. The molecule has 4 nitrogen and oxygen atoms in total. The lowest BCUT2D eigenvalue weighted by atomic mass is 10.2. The highest BCUT2D eigenvalue weighted by Gasteiger charge is 2.31. The molecule has 0 bridgehead atoms. The highest BCUT2D eigenvalue weighted by atomic mass is 19.4. The minimum Gasteiger partial charge on any atom is -0.385 e. The van der Waals surface area contributed by atoms with Crippen molar-refractivity contribution >= 4 is 11.6 Å². The van der Waals surface area contributed by atoms with Crippen LogP contribution in [0.2, 0.25) is 0 Å². The third-order valence-corrected chi connectivity index (χ3v) is 2.39. The number of ether oxygens (including phenoxy) is 1. The molecule has 2 N–H and O–H groups in total. The quantitative estimate of drug-likeness (QED) is 0.827. The Hall–Kier alpha value is -1.50. The van der Waals surface area contributed by atoms with Crippen LogP contribution in [0.5, 0.6) is 0 Å². The molecular formula is C11H16F3N3O. The van der Waals surface area contributed by atoms with Crippen LogP contribution in [0.4, 0.5) is 24.8 Å². The lowest BCUT2D eigenvalue weighted by Crippen LogP contribution is -2.22. The summed E-state index contributed by atoms with van der Waals surface area (Å²) in [5.41, 5.74) is 4.60. The van der Waals surface area contributed by atoms with E-state index >= 15 is 0 Å². The van der Waals surface area contributed by atoms with Gasteiger partial charge in [0.05, 0.1) is 5.56 Å². The Kier molecular flexibility index (Phi) is 4.77. The van der Waals surface area contributed by atoms with Crippen LogP contribution in [0, 0.1) is 0 Å². The molecule has 0 unspecified atom stereocenters. The zero-order chi connectivity index (χ0) is 13.8. The average molecular weight is 263 g/mol. The van der Waals surface area contributed by atoms with Gasteiger partial charge in [-0.1, -0.05) is 0 Å². The van der Waals surface area contributed by atoms with Crippen LogP contribution in [-0.2, 0) is 10.9 Å². The van der Waals surface area contributed by atoms with E-state index in [1.165, 1.54) is 0 Å². The summed E-state index contributed by atoms with van der Waals surface area (Å²) >= 11 is 0. The molecule has 0 spiro atoms. The zero-order valence-electron chi connectivity index (χ0n) is 10.3. The van der Waals surface area contributed by atoms with Crippen molar-refractivity contribution in [2.75, 3.05) is 37.9 Å². The maximum Gasteiger partial charge on any atom is 0.416 e. The van der Waals surface area contributed by atoms with E-state index in [0.29, 0.717) is 19.6 Å². The van der Waals surface area contributed by atoms with Crippen molar-refractivity contribution in [1.82, 2.24) is 4.98 Å². The maximum absolute atomic E-state index is 12.6. The van der Waals surface area contributed by atoms with Gasteiger partial charge in [-0.15, -0.1) is 0 Å². The molecule has 1 aromatic rings. The van der Waals surface area contributed by atoms with Gasteiger partial charge in [0.2, 0.25) is 0 Å². The van der Waals surface area contributed by atoms with Gasteiger partial charge >= 0.3 is 6.18 Å². The van der Waals surface area contributed by atoms with E-state index in [-0.39, 0.29) is 11.6 Å². The second-order valence-corrected chi connectivity index (χ2v) is 3.90. The van der Waals surface area contributed by atoms with E-state index in [9.17, 15) is 13.2 Å². The van der Waals surface area contributed by atoms with Crippen molar-refractivity contribution in [3.8, 4) is 0 Å². The Morgan fingerprint density at radius 3 is 2.61 bits per heavy atom. The lowest BCUT2D eigenvalue weighted by molar-refractivity contribution is -0.137. The summed E-state index contributed by atoms with van der Waals surface area (Å²) in [6.45, 7) is 1.08. The fraction of sp³-hybridized carbons (Fsp3) is 0.545. The Bertz CT molecular complexity index is 396. The van der Waals surface area contributed by atoms with Crippen LogP contribution >= 0.6 is 0 Å². The van der Waals surface area contributed by atoms with Crippen molar-refractivity contribution < 1.29 is 17.9 Å². The molecule has 0 aliphatic carbocycles. The Labute approximate surface area is 104 Å². The van der Waals surface area contributed by atoms with Crippen molar-refractivity contribution in [1.29, 1.82) is 0 Å². The first-order valence-corrected chi connectivity index (χ1v) is 5.39. The molecule has 0 atom stereocenters. The fourth-order valence-corrected chi connectivity index (χ4v) is 1.46. The van der Waals surface area contributed by atoms with Gasteiger partial charge in [0.15, 0.2) is 0 Å². The van der Waals surface area contributed by atoms with Gasteiger partial charge in [0.25, 0.3) is 0 Å². The largest absolute Gasteiger partial charge is 0.416 e. The van der Waals surface area contributed by atoms with Gasteiger partial charge in [0, 0.05) is 27.3 Å². The Morgan fingerprint density at radius 2 is 2.06 bits per heavy atom. The smallest absolute Gasteiger partial charge is 0.385 e. The maximum atomic E-state index is 12.6. The number of hydrogen-bond donors (Lipinski definition) is 1. The van der Waals surface area contributed by atoms with Gasteiger partial charge in [-0.25, -0.2) is 4.98 Å². The third kappa shape index (κ3) is 4.06. The van der Waals surface area contributed by atoms with E-state index in [1.54, 1.807) is 19.1 Å². The summed E-state index contributed by atoms with van der Waals surface area (Å²) in [5.74, 6) is 0.0665. The number of aromatic nitrogens is 1. The SMILES string of the molecule is COCCCN(C)c1cc(C(F)(F)F)cc(N)n1. The fourth-order valence-electron chi connectivity index (χ4n) is 1.46. The number of anilines is 2. The van der Waals surface area contributed by atoms with E-state index < -0.39 is 11.7 Å². The number of nitrogen functional groups attached to an aromatic ring is 1. The number of methoxy groups -OCH3 is 1. The highest BCUT2D eigenvalue weighted by molar-refractivity contribution is 5.48. The standard InChI is InChI=1S/C11H16F3N3O/c1-17(4-3-5-18-2)10-7-8(11(12,13)14)6-9(15)16-10/h6-7H,3-5H2,1-2H3,(H2,15,16). The van der Waals surface area contributed by atoms with Crippen LogP contribution in [0.3, 0.4) is 0 Å². The van der Waals surface area contributed by atoms with Crippen LogP contribution in [0.25, 0.3) is 0 Å². The van der Waals surface area contributed by atoms with E-state index in [4.69, 9.17) is 10.5 Å². The van der Waals surface area contributed by atoms with Gasteiger partial charge < -0.3 is 15.4 Å². The predicted octanol–water partition coefficient (Wildman–Crippen LogP) is 2.16. The molecule has 0 radical (unpaired) electrons. The summed E-state index contributed by atoms with van der Waals surface area (Å²) in [7, 11) is 3.23. The highest BCUT2D eigenvalue weighted by Crippen LogP contribution is 2.32. The van der Waals surface area contributed by atoms with E-state index in [1.807, 2.05) is 0 Å². The van der Waals surface area contributed by atoms with E-state index in [0.717, 1.165) is 12.1 Å². The van der Waals surface area contributed by atoms with Crippen molar-refractivity contribution in [3.63, 3.8) is 0 Å². The molecule has 1 rings (SSSR count). The average Bonchev–Trinajstić information content (AvgIpc) is 2.27.